The number of ether oxygens (including phenoxy) is 1. The second-order valence-electron chi connectivity index (χ2n) is 6.25. The van der Waals surface area contributed by atoms with E-state index in [-0.39, 0.29) is 17.9 Å². The first kappa shape index (κ1) is 21.3. The smallest absolute Gasteiger partial charge is 0.331 e. The van der Waals surface area contributed by atoms with E-state index in [1.54, 1.807) is 24.3 Å². The molecule has 0 N–H and O–H groups in total. The first-order valence-electron chi connectivity index (χ1n) is 9.21. The van der Waals surface area contributed by atoms with Gasteiger partial charge in [-0.05, 0) is 36.8 Å². The molecule has 0 aromatic heterocycles. The van der Waals surface area contributed by atoms with Crippen molar-refractivity contribution in [3.8, 4) is 0 Å². The van der Waals surface area contributed by atoms with E-state index in [1.165, 1.54) is 6.92 Å². The zero-order chi connectivity index (χ0) is 20.4. The fraction of sp³-hybridized carbons (Fsp3) is 0.318. The maximum Gasteiger partial charge on any atom is 0.331 e. The fourth-order valence-corrected chi connectivity index (χ4v) is 2.82. The SMILES string of the molecule is C=C/C=C(\C=C/C)C/C(=N\OC(C)=O)C(=O)c1ccc(N2CCOCC2)cc1. The molecule has 148 valence electrons. The van der Waals surface area contributed by atoms with Crippen LogP contribution in [0, 0.1) is 0 Å². The van der Waals surface area contributed by atoms with Gasteiger partial charge in [-0.2, -0.15) is 0 Å². The number of hydrogen-bond acceptors (Lipinski definition) is 6. The van der Waals surface area contributed by atoms with E-state index in [9.17, 15) is 9.59 Å². The van der Waals surface area contributed by atoms with Crippen molar-refractivity contribution in [2.75, 3.05) is 31.2 Å². The number of carbonyl (C=O) groups excluding carboxylic acids is 2. The molecule has 0 atom stereocenters. The fourth-order valence-electron chi connectivity index (χ4n) is 2.82. The molecule has 0 spiro atoms. The van der Waals surface area contributed by atoms with Crippen LogP contribution in [0.5, 0.6) is 0 Å². The Morgan fingerprint density at radius 3 is 2.50 bits per heavy atom. The van der Waals surface area contributed by atoms with Gasteiger partial charge in [0.2, 0.25) is 5.78 Å². The molecule has 0 aliphatic carbocycles. The summed E-state index contributed by atoms with van der Waals surface area (Å²) in [6.45, 7) is 9.86. The molecule has 0 unspecified atom stereocenters. The second-order valence-corrected chi connectivity index (χ2v) is 6.25. The van der Waals surface area contributed by atoms with Crippen LogP contribution in [0.1, 0.15) is 30.6 Å². The average molecular weight is 382 g/mol. The summed E-state index contributed by atoms with van der Waals surface area (Å²) in [5.41, 5.74) is 2.52. The molecule has 0 bridgehead atoms. The number of benzene rings is 1. The van der Waals surface area contributed by atoms with Crippen LogP contribution >= 0.6 is 0 Å². The van der Waals surface area contributed by atoms with E-state index in [4.69, 9.17) is 9.57 Å². The van der Waals surface area contributed by atoms with E-state index in [0.29, 0.717) is 18.8 Å². The summed E-state index contributed by atoms with van der Waals surface area (Å²) >= 11 is 0. The van der Waals surface area contributed by atoms with Crippen LogP contribution < -0.4 is 4.90 Å². The van der Waals surface area contributed by atoms with Gasteiger partial charge in [-0.25, -0.2) is 4.79 Å². The molecule has 1 heterocycles. The molecule has 1 aliphatic rings. The summed E-state index contributed by atoms with van der Waals surface area (Å²) in [5.74, 6) is -0.859. The number of ketones is 1. The van der Waals surface area contributed by atoms with Crippen LogP contribution in [0.4, 0.5) is 5.69 Å². The van der Waals surface area contributed by atoms with Crippen molar-refractivity contribution in [3.05, 3.63) is 66.3 Å². The number of anilines is 1. The minimum Gasteiger partial charge on any atom is -0.378 e. The molecule has 6 nitrogen and oxygen atoms in total. The lowest BCUT2D eigenvalue weighted by Gasteiger charge is -2.28. The van der Waals surface area contributed by atoms with Crippen LogP contribution in [0.25, 0.3) is 0 Å². The van der Waals surface area contributed by atoms with Gasteiger partial charge in [0.1, 0.15) is 5.71 Å². The molecular weight excluding hydrogens is 356 g/mol. The summed E-state index contributed by atoms with van der Waals surface area (Å²) in [6, 6.07) is 7.36. The van der Waals surface area contributed by atoms with E-state index < -0.39 is 5.97 Å². The maximum absolute atomic E-state index is 13.0. The number of morpholine rings is 1. The van der Waals surface area contributed by atoms with Gasteiger partial charge in [0, 0.05) is 37.7 Å². The summed E-state index contributed by atoms with van der Waals surface area (Å²) in [4.78, 5) is 31.1. The zero-order valence-corrected chi connectivity index (χ0v) is 16.4. The van der Waals surface area contributed by atoms with Gasteiger partial charge in [-0.15, -0.1) is 0 Å². The van der Waals surface area contributed by atoms with Crippen LogP contribution in [0.15, 0.2) is 65.9 Å². The Morgan fingerprint density at radius 1 is 1.25 bits per heavy atom. The standard InChI is InChI=1S/C22H26N2O4/c1-4-6-18(7-5-2)16-21(23-28-17(3)25)22(26)19-8-10-20(11-9-19)24-12-14-27-15-13-24/h4-11H,1,12-16H2,2-3H3/b7-5-,18-6+,23-21+. The Hall–Kier alpha value is -2.99. The quantitative estimate of drug-likeness (QED) is 0.225. The molecule has 6 heteroatoms. The van der Waals surface area contributed by atoms with E-state index in [1.807, 2.05) is 31.2 Å². The Bertz CT molecular complexity index is 785. The van der Waals surface area contributed by atoms with Crippen molar-refractivity contribution in [1.82, 2.24) is 0 Å². The van der Waals surface area contributed by atoms with Crippen molar-refractivity contribution < 1.29 is 19.2 Å². The normalized spacial score (nSPS) is 15.6. The number of oxime groups is 1. The Kier molecular flexibility index (Phi) is 8.37. The summed E-state index contributed by atoms with van der Waals surface area (Å²) < 4.78 is 5.37. The van der Waals surface area contributed by atoms with E-state index >= 15 is 0 Å². The monoisotopic (exact) mass is 382 g/mol. The minimum atomic E-state index is -0.576. The molecule has 1 aliphatic heterocycles. The highest BCUT2D eigenvalue weighted by Crippen LogP contribution is 2.18. The van der Waals surface area contributed by atoms with E-state index in [0.717, 1.165) is 24.4 Å². The Balaban J connectivity index is 2.23. The molecule has 1 aromatic carbocycles. The van der Waals surface area contributed by atoms with Crippen molar-refractivity contribution >= 4 is 23.2 Å². The lowest BCUT2D eigenvalue weighted by atomic mass is 9.99. The van der Waals surface area contributed by atoms with Crippen LogP contribution in [-0.4, -0.2) is 43.8 Å². The molecule has 28 heavy (non-hydrogen) atoms. The molecule has 0 amide bonds. The molecule has 0 saturated carbocycles. The number of carbonyl (C=O) groups is 2. The van der Waals surface area contributed by atoms with Gasteiger partial charge >= 0.3 is 5.97 Å². The predicted molar refractivity (Wildman–Crippen MR) is 111 cm³/mol. The van der Waals surface area contributed by atoms with Gasteiger partial charge in [0.25, 0.3) is 0 Å². The molecular formula is C22H26N2O4. The lowest BCUT2D eigenvalue weighted by Crippen LogP contribution is -2.36. The van der Waals surface area contributed by atoms with Crippen LogP contribution in [0.3, 0.4) is 0 Å². The predicted octanol–water partition coefficient (Wildman–Crippen LogP) is 3.70. The van der Waals surface area contributed by atoms with Gasteiger partial charge in [0.05, 0.1) is 13.2 Å². The van der Waals surface area contributed by atoms with Crippen molar-refractivity contribution in [2.24, 2.45) is 5.16 Å². The average Bonchev–Trinajstić information content (AvgIpc) is 2.71. The highest BCUT2D eigenvalue weighted by Gasteiger charge is 2.18. The second kappa shape index (κ2) is 11.0. The summed E-state index contributed by atoms with van der Waals surface area (Å²) in [6.07, 6.45) is 7.38. The number of allylic oxidation sites excluding steroid dienone is 5. The summed E-state index contributed by atoms with van der Waals surface area (Å²) in [5, 5.41) is 3.80. The van der Waals surface area contributed by atoms with Gasteiger partial charge < -0.3 is 14.5 Å². The third-order valence-electron chi connectivity index (χ3n) is 4.14. The number of Topliss-reactive ketones (excluding diaryl/α,β-unsaturated/α-hetero) is 1. The highest BCUT2D eigenvalue weighted by molar-refractivity contribution is 6.46. The first-order valence-corrected chi connectivity index (χ1v) is 9.21. The van der Waals surface area contributed by atoms with E-state index in [2.05, 4.69) is 16.6 Å². The largest absolute Gasteiger partial charge is 0.378 e. The Morgan fingerprint density at radius 2 is 1.93 bits per heavy atom. The number of hydrogen-bond donors (Lipinski definition) is 0. The summed E-state index contributed by atoms with van der Waals surface area (Å²) in [7, 11) is 0. The van der Waals surface area contributed by atoms with Crippen LogP contribution in [-0.2, 0) is 14.4 Å². The van der Waals surface area contributed by atoms with Crippen molar-refractivity contribution in [2.45, 2.75) is 20.3 Å². The molecule has 2 rings (SSSR count). The molecule has 1 saturated heterocycles. The number of rotatable bonds is 8. The van der Waals surface area contributed by atoms with Gasteiger partial charge in [-0.1, -0.05) is 36.0 Å². The highest BCUT2D eigenvalue weighted by atomic mass is 16.7. The van der Waals surface area contributed by atoms with Crippen molar-refractivity contribution in [1.29, 1.82) is 0 Å². The minimum absolute atomic E-state index is 0.153. The third-order valence-corrected chi connectivity index (χ3v) is 4.14. The van der Waals surface area contributed by atoms with Gasteiger partial charge in [0.15, 0.2) is 0 Å². The third kappa shape index (κ3) is 6.32. The molecule has 1 fully saturated rings. The Labute approximate surface area is 165 Å². The number of nitrogens with zero attached hydrogens (tertiary/aromatic N) is 2. The van der Waals surface area contributed by atoms with Crippen LogP contribution in [0.2, 0.25) is 0 Å². The van der Waals surface area contributed by atoms with Gasteiger partial charge in [-0.3, -0.25) is 4.79 Å². The van der Waals surface area contributed by atoms with Crippen molar-refractivity contribution in [3.63, 3.8) is 0 Å². The molecule has 0 radical (unpaired) electrons. The maximum atomic E-state index is 13.0. The topological polar surface area (TPSA) is 68.2 Å². The lowest BCUT2D eigenvalue weighted by molar-refractivity contribution is -0.140. The zero-order valence-electron chi connectivity index (χ0n) is 16.4. The molecule has 1 aromatic rings. The first-order chi connectivity index (χ1) is 13.5.